The Labute approximate surface area is 154 Å². The molecule has 2 aliphatic rings. The van der Waals surface area contributed by atoms with Gasteiger partial charge in [-0.15, -0.1) is 0 Å². The number of nitrogens with zero attached hydrogens (tertiary/aromatic N) is 4. The summed E-state index contributed by atoms with van der Waals surface area (Å²) in [5.41, 5.74) is 1.74. The van der Waals surface area contributed by atoms with Crippen LogP contribution in [-0.2, 0) is 0 Å². The number of aromatic amines is 1. The number of likely N-dealkylation sites (tertiary alicyclic amines) is 1. The van der Waals surface area contributed by atoms with Crippen molar-refractivity contribution in [2.24, 2.45) is 5.92 Å². The molecule has 2 amide bonds. The third kappa shape index (κ3) is 3.99. The molecule has 0 spiro atoms. The molecule has 1 aromatic carbocycles. The van der Waals surface area contributed by atoms with Crippen LogP contribution in [0.2, 0.25) is 0 Å². The average molecular weight is 356 g/mol. The van der Waals surface area contributed by atoms with Crippen LogP contribution >= 0.6 is 0 Å². The van der Waals surface area contributed by atoms with Gasteiger partial charge in [0.05, 0.1) is 11.7 Å². The van der Waals surface area contributed by atoms with Crippen molar-refractivity contribution in [3.8, 4) is 0 Å². The number of carbonyl (C=O) groups is 1. The molecule has 2 saturated heterocycles. The largest absolute Gasteiger partial charge is 0.322 e. The van der Waals surface area contributed by atoms with Crippen molar-refractivity contribution < 1.29 is 4.79 Å². The fourth-order valence-electron chi connectivity index (χ4n) is 4.14. The number of aromatic nitrogens is 2. The maximum absolute atomic E-state index is 12.5. The van der Waals surface area contributed by atoms with E-state index >= 15 is 0 Å². The third-order valence-corrected chi connectivity index (χ3v) is 5.59. The highest BCUT2D eigenvalue weighted by molar-refractivity contribution is 5.92. The second-order valence-electron chi connectivity index (χ2n) is 7.66. The Morgan fingerprint density at radius 3 is 2.92 bits per heavy atom. The van der Waals surface area contributed by atoms with Gasteiger partial charge in [0.25, 0.3) is 0 Å². The Balaban J connectivity index is 1.26. The molecule has 2 aliphatic heterocycles. The minimum atomic E-state index is -0.0130. The molecule has 0 aliphatic carbocycles. The smallest absolute Gasteiger partial charge is 0.321 e. The fraction of sp³-hybridized carbons (Fsp3) is 0.579. The highest BCUT2D eigenvalue weighted by Crippen LogP contribution is 2.19. The number of fused-ring (bicyclic) bond motifs is 1. The number of piperidine rings is 1. The highest BCUT2D eigenvalue weighted by atomic mass is 16.2. The SMILES string of the molecule is CN1CCCC(CN2CCN(C(=O)Nc3ccc4cn[nH]c4c3)CC2)C1. The predicted molar refractivity (Wildman–Crippen MR) is 103 cm³/mol. The molecular formula is C19H28N6O. The molecule has 4 rings (SSSR count). The van der Waals surface area contributed by atoms with Gasteiger partial charge in [-0.05, 0) is 50.6 Å². The van der Waals surface area contributed by atoms with Gasteiger partial charge in [0.2, 0.25) is 0 Å². The van der Waals surface area contributed by atoms with Crippen molar-refractivity contribution in [3.63, 3.8) is 0 Å². The van der Waals surface area contributed by atoms with E-state index in [0.717, 1.165) is 55.2 Å². The summed E-state index contributed by atoms with van der Waals surface area (Å²) in [5, 5.41) is 11.0. The number of carbonyl (C=O) groups excluding carboxylic acids is 1. The zero-order valence-corrected chi connectivity index (χ0v) is 15.4. The quantitative estimate of drug-likeness (QED) is 0.883. The maximum atomic E-state index is 12.5. The first-order valence-electron chi connectivity index (χ1n) is 9.57. The number of anilines is 1. The Hall–Kier alpha value is -2.12. The third-order valence-electron chi connectivity index (χ3n) is 5.59. The lowest BCUT2D eigenvalue weighted by atomic mass is 9.97. The van der Waals surface area contributed by atoms with Crippen LogP contribution in [-0.4, -0.2) is 83.8 Å². The Morgan fingerprint density at radius 1 is 1.27 bits per heavy atom. The van der Waals surface area contributed by atoms with Crippen LogP contribution in [0.1, 0.15) is 12.8 Å². The monoisotopic (exact) mass is 356 g/mol. The molecule has 2 aromatic rings. The molecule has 2 fully saturated rings. The second kappa shape index (κ2) is 7.63. The molecule has 1 unspecified atom stereocenters. The fourth-order valence-corrected chi connectivity index (χ4v) is 4.14. The van der Waals surface area contributed by atoms with Gasteiger partial charge >= 0.3 is 6.03 Å². The number of piperazine rings is 1. The molecule has 140 valence electrons. The number of urea groups is 1. The van der Waals surface area contributed by atoms with Crippen LogP contribution < -0.4 is 5.32 Å². The van der Waals surface area contributed by atoms with Crippen molar-refractivity contribution in [2.75, 3.05) is 58.2 Å². The summed E-state index contributed by atoms with van der Waals surface area (Å²) in [7, 11) is 2.22. The molecule has 2 N–H and O–H groups in total. The normalized spacial score (nSPS) is 22.7. The lowest BCUT2D eigenvalue weighted by molar-refractivity contribution is 0.109. The molecule has 0 radical (unpaired) electrons. The van der Waals surface area contributed by atoms with Crippen molar-refractivity contribution in [2.45, 2.75) is 12.8 Å². The van der Waals surface area contributed by atoms with Crippen LogP contribution in [0.3, 0.4) is 0 Å². The summed E-state index contributed by atoms with van der Waals surface area (Å²) in [6, 6.07) is 5.80. The van der Waals surface area contributed by atoms with E-state index in [4.69, 9.17) is 0 Å². The standard InChI is InChI=1S/C19H28N6O/c1-23-6-2-3-15(13-23)14-24-7-9-25(10-8-24)19(26)21-17-5-4-16-12-20-22-18(16)11-17/h4-5,11-12,15H,2-3,6-10,13-14H2,1H3,(H,20,22)(H,21,26). The molecule has 7 nitrogen and oxygen atoms in total. The van der Waals surface area contributed by atoms with E-state index in [0.29, 0.717) is 0 Å². The first-order chi connectivity index (χ1) is 12.7. The molecule has 0 saturated carbocycles. The topological polar surface area (TPSA) is 67.5 Å². The molecule has 26 heavy (non-hydrogen) atoms. The van der Waals surface area contributed by atoms with Crippen molar-refractivity contribution in [1.82, 2.24) is 24.9 Å². The van der Waals surface area contributed by atoms with Gasteiger partial charge < -0.3 is 15.1 Å². The van der Waals surface area contributed by atoms with E-state index in [1.165, 1.54) is 25.9 Å². The van der Waals surface area contributed by atoms with Gasteiger partial charge in [-0.3, -0.25) is 10.00 Å². The van der Waals surface area contributed by atoms with Gasteiger partial charge in [-0.25, -0.2) is 4.79 Å². The molecular weight excluding hydrogens is 328 g/mol. The number of hydrogen-bond acceptors (Lipinski definition) is 4. The van der Waals surface area contributed by atoms with Crippen LogP contribution in [0.4, 0.5) is 10.5 Å². The summed E-state index contributed by atoms with van der Waals surface area (Å²) >= 11 is 0. The van der Waals surface area contributed by atoms with Crippen LogP contribution in [0.15, 0.2) is 24.4 Å². The van der Waals surface area contributed by atoms with E-state index in [9.17, 15) is 4.79 Å². The molecule has 1 aromatic heterocycles. The molecule has 1 atom stereocenters. The van der Waals surface area contributed by atoms with Crippen molar-refractivity contribution in [1.29, 1.82) is 0 Å². The lowest BCUT2D eigenvalue weighted by Crippen LogP contribution is -2.51. The Morgan fingerprint density at radius 2 is 2.12 bits per heavy atom. The predicted octanol–water partition coefficient (Wildman–Crippen LogP) is 2.05. The van der Waals surface area contributed by atoms with E-state index < -0.39 is 0 Å². The number of hydrogen-bond donors (Lipinski definition) is 2. The van der Waals surface area contributed by atoms with Gasteiger partial charge in [-0.1, -0.05) is 0 Å². The first kappa shape index (κ1) is 17.3. The van der Waals surface area contributed by atoms with Crippen molar-refractivity contribution >= 4 is 22.6 Å². The lowest BCUT2D eigenvalue weighted by Gasteiger charge is -2.38. The maximum Gasteiger partial charge on any atom is 0.321 e. The zero-order chi connectivity index (χ0) is 17.9. The average Bonchev–Trinajstić information content (AvgIpc) is 3.10. The Kier molecular flexibility index (Phi) is 5.08. The number of H-pyrrole nitrogens is 1. The summed E-state index contributed by atoms with van der Waals surface area (Å²) < 4.78 is 0. The summed E-state index contributed by atoms with van der Waals surface area (Å²) in [6.45, 7) is 7.11. The molecule has 3 heterocycles. The number of nitrogens with one attached hydrogen (secondary N) is 2. The number of benzene rings is 1. The van der Waals surface area contributed by atoms with Crippen LogP contribution in [0, 0.1) is 5.92 Å². The van der Waals surface area contributed by atoms with Gasteiger partial charge in [0, 0.05) is 50.3 Å². The van der Waals surface area contributed by atoms with Crippen molar-refractivity contribution in [3.05, 3.63) is 24.4 Å². The summed E-state index contributed by atoms with van der Waals surface area (Å²) in [4.78, 5) is 19.4. The molecule has 0 bridgehead atoms. The van der Waals surface area contributed by atoms with Crippen LogP contribution in [0.5, 0.6) is 0 Å². The number of amides is 2. The minimum Gasteiger partial charge on any atom is -0.322 e. The van der Waals surface area contributed by atoms with Gasteiger partial charge in [0.1, 0.15) is 0 Å². The van der Waals surface area contributed by atoms with E-state index in [-0.39, 0.29) is 6.03 Å². The van der Waals surface area contributed by atoms with Gasteiger partial charge in [-0.2, -0.15) is 5.10 Å². The summed E-state index contributed by atoms with van der Waals surface area (Å²) in [6.07, 6.45) is 4.43. The summed E-state index contributed by atoms with van der Waals surface area (Å²) in [5.74, 6) is 0.773. The molecule has 7 heteroatoms. The van der Waals surface area contributed by atoms with Crippen LogP contribution in [0.25, 0.3) is 10.9 Å². The zero-order valence-electron chi connectivity index (χ0n) is 15.4. The first-order valence-corrected chi connectivity index (χ1v) is 9.57. The second-order valence-corrected chi connectivity index (χ2v) is 7.66. The van der Waals surface area contributed by atoms with E-state index in [1.807, 2.05) is 23.1 Å². The Bertz CT molecular complexity index is 751. The minimum absolute atomic E-state index is 0.0130. The van der Waals surface area contributed by atoms with Gasteiger partial charge in [0.15, 0.2) is 0 Å². The highest BCUT2D eigenvalue weighted by Gasteiger charge is 2.25. The van der Waals surface area contributed by atoms with E-state index in [1.54, 1.807) is 6.20 Å². The van der Waals surface area contributed by atoms with E-state index in [2.05, 4.69) is 32.4 Å². The number of rotatable bonds is 3.